The molecule has 2 unspecified atom stereocenters. The molecule has 0 aliphatic carbocycles. The molecular formula is C14H21F2N3O. The van der Waals surface area contributed by atoms with Crippen molar-refractivity contribution >= 4 is 0 Å². The molecule has 0 saturated carbocycles. The van der Waals surface area contributed by atoms with Gasteiger partial charge in [-0.25, -0.2) is 8.78 Å². The molecule has 20 heavy (non-hydrogen) atoms. The first-order valence-electron chi connectivity index (χ1n) is 6.80. The van der Waals surface area contributed by atoms with E-state index in [-0.39, 0.29) is 11.7 Å². The van der Waals surface area contributed by atoms with Crippen LogP contribution in [0.2, 0.25) is 0 Å². The first-order valence-corrected chi connectivity index (χ1v) is 6.80. The number of nitrogens with two attached hydrogens (primary N) is 1. The Hall–Kier alpha value is -1.08. The molecule has 2 atom stereocenters. The highest BCUT2D eigenvalue weighted by atomic mass is 19.2. The first-order chi connectivity index (χ1) is 9.54. The average Bonchev–Trinajstić information content (AvgIpc) is 2.44. The van der Waals surface area contributed by atoms with Crippen LogP contribution in [0.3, 0.4) is 0 Å². The summed E-state index contributed by atoms with van der Waals surface area (Å²) in [5, 5.41) is 0. The highest BCUT2D eigenvalue weighted by Crippen LogP contribution is 2.25. The number of nitrogens with zero attached hydrogens (tertiary/aromatic N) is 1. The molecule has 0 aromatic heterocycles. The molecule has 0 amide bonds. The minimum Gasteiger partial charge on any atom is -0.374 e. The first kappa shape index (κ1) is 15.3. The van der Waals surface area contributed by atoms with Crippen LogP contribution in [0.15, 0.2) is 18.2 Å². The molecule has 1 aliphatic rings. The molecule has 0 spiro atoms. The third-order valence-electron chi connectivity index (χ3n) is 3.72. The zero-order valence-corrected chi connectivity index (χ0v) is 11.8. The molecule has 1 saturated heterocycles. The van der Waals surface area contributed by atoms with Crippen LogP contribution < -0.4 is 11.3 Å². The van der Waals surface area contributed by atoms with Crippen LogP contribution in [0.25, 0.3) is 0 Å². The molecule has 1 aromatic rings. The van der Waals surface area contributed by atoms with Gasteiger partial charge in [0.15, 0.2) is 11.6 Å². The fourth-order valence-electron chi connectivity index (χ4n) is 2.53. The summed E-state index contributed by atoms with van der Waals surface area (Å²) < 4.78 is 33.0. The van der Waals surface area contributed by atoms with Gasteiger partial charge in [0.05, 0.1) is 18.8 Å². The molecule has 0 radical (unpaired) electrons. The molecule has 1 fully saturated rings. The second-order valence-electron chi connectivity index (χ2n) is 5.29. The van der Waals surface area contributed by atoms with Crippen LogP contribution >= 0.6 is 0 Å². The topological polar surface area (TPSA) is 50.5 Å². The number of rotatable bonds is 4. The average molecular weight is 285 g/mol. The van der Waals surface area contributed by atoms with E-state index in [0.29, 0.717) is 19.2 Å². The summed E-state index contributed by atoms with van der Waals surface area (Å²) in [5.41, 5.74) is 2.75. The van der Waals surface area contributed by atoms with Crippen molar-refractivity contribution in [1.29, 1.82) is 0 Å². The van der Waals surface area contributed by atoms with E-state index in [1.54, 1.807) is 0 Å². The van der Waals surface area contributed by atoms with Gasteiger partial charge in [-0.2, -0.15) is 0 Å². The van der Waals surface area contributed by atoms with Crippen molar-refractivity contribution in [2.24, 2.45) is 5.84 Å². The van der Waals surface area contributed by atoms with E-state index in [9.17, 15) is 8.78 Å². The maximum Gasteiger partial charge on any atom is 0.163 e. The number of hydrogen-bond acceptors (Lipinski definition) is 4. The smallest absolute Gasteiger partial charge is 0.163 e. The molecule has 2 rings (SSSR count). The lowest BCUT2D eigenvalue weighted by Gasteiger charge is -2.38. The number of ether oxygens (including phenoxy) is 1. The normalized spacial score (nSPS) is 22.2. The minimum absolute atomic E-state index is 0.197. The van der Waals surface area contributed by atoms with Crippen LogP contribution in [0.1, 0.15) is 25.5 Å². The Morgan fingerprint density at radius 2 is 2.15 bits per heavy atom. The number of hydrazine groups is 1. The Bertz CT molecular complexity index is 456. The van der Waals surface area contributed by atoms with Gasteiger partial charge in [0, 0.05) is 24.7 Å². The highest BCUT2D eigenvalue weighted by Gasteiger charge is 2.31. The number of morpholine rings is 1. The number of benzene rings is 1. The van der Waals surface area contributed by atoms with Gasteiger partial charge in [-0.15, -0.1) is 0 Å². The fraction of sp³-hybridized carbons (Fsp3) is 0.571. The van der Waals surface area contributed by atoms with Gasteiger partial charge >= 0.3 is 0 Å². The van der Waals surface area contributed by atoms with Crippen molar-refractivity contribution in [1.82, 2.24) is 10.3 Å². The lowest BCUT2D eigenvalue weighted by Crippen LogP contribution is -2.51. The Morgan fingerprint density at radius 3 is 2.80 bits per heavy atom. The van der Waals surface area contributed by atoms with E-state index in [1.165, 1.54) is 12.1 Å². The van der Waals surface area contributed by atoms with Crippen LogP contribution in [0.5, 0.6) is 0 Å². The van der Waals surface area contributed by atoms with Gasteiger partial charge in [0.25, 0.3) is 0 Å². The van der Waals surface area contributed by atoms with Gasteiger partial charge in [-0.1, -0.05) is 12.1 Å². The van der Waals surface area contributed by atoms with Gasteiger partial charge in [0.2, 0.25) is 0 Å². The Kier molecular flexibility index (Phi) is 5.04. The highest BCUT2D eigenvalue weighted by molar-refractivity contribution is 5.23. The zero-order chi connectivity index (χ0) is 14.7. The molecular weight excluding hydrogens is 264 g/mol. The van der Waals surface area contributed by atoms with E-state index in [0.717, 1.165) is 12.6 Å². The second-order valence-corrected chi connectivity index (χ2v) is 5.29. The quantitative estimate of drug-likeness (QED) is 0.651. The van der Waals surface area contributed by atoms with Crippen LogP contribution in [-0.4, -0.2) is 36.7 Å². The van der Waals surface area contributed by atoms with E-state index < -0.39 is 17.7 Å². The summed E-state index contributed by atoms with van der Waals surface area (Å²) >= 11 is 0. The van der Waals surface area contributed by atoms with Crippen molar-refractivity contribution in [2.75, 3.05) is 19.7 Å². The summed E-state index contributed by atoms with van der Waals surface area (Å²) in [6, 6.07) is 3.89. The number of halogens is 2. The fourth-order valence-corrected chi connectivity index (χ4v) is 2.53. The largest absolute Gasteiger partial charge is 0.374 e. The second kappa shape index (κ2) is 6.58. The number of hydrogen-bond donors (Lipinski definition) is 2. The van der Waals surface area contributed by atoms with Crippen molar-refractivity contribution in [2.45, 2.75) is 32.0 Å². The van der Waals surface area contributed by atoms with E-state index in [1.807, 2.05) is 0 Å². The summed E-state index contributed by atoms with van der Waals surface area (Å²) in [7, 11) is 0. The van der Waals surface area contributed by atoms with Gasteiger partial charge in [0.1, 0.15) is 0 Å². The summed E-state index contributed by atoms with van der Waals surface area (Å²) in [5.74, 6) is 3.79. The summed E-state index contributed by atoms with van der Waals surface area (Å²) in [4.78, 5) is 2.23. The van der Waals surface area contributed by atoms with E-state index in [2.05, 4.69) is 24.2 Å². The maximum absolute atomic E-state index is 13.9. The molecule has 3 N–H and O–H groups in total. The van der Waals surface area contributed by atoms with Crippen molar-refractivity contribution in [3.05, 3.63) is 35.4 Å². The predicted octanol–water partition coefficient (Wildman–Crippen LogP) is 1.58. The Morgan fingerprint density at radius 1 is 1.40 bits per heavy atom. The minimum atomic E-state index is -0.876. The lowest BCUT2D eigenvalue weighted by atomic mass is 9.99. The lowest BCUT2D eigenvalue weighted by molar-refractivity contribution is -0.0566. The molecule has 1 heterocycles. The molecule has 6 heteroatoms. The van der Waals surface area contributed by atoms with Gasteiger partial charge in [-0.3, -0.25) is 16.2 Å². The molecule has 112 valence electrons. The molecule has 4 nitrogen and oxygen atoms in total. The van der Waals surface area contributed by atoms with E-state index in [4.69, 9.17) is 10.6 Å². The molecule has 0 bridgehead atoms. The van der Waals surface area contributed by atoms with Crippen molar-refractivity contribution in [3.8, 4) is 0 Å². The van der Waals surface area contributed by atoms with Gasteiger partial charge in [-0.05, 0) is 19.9 Å². The Labute approximate surface area is 117 Å². The van der Waals surface area contributed by atoms with Gasteiger partial charge < -0.3 is 4.74 Å². The molecule has 1 aromatic carbocycles. The summed E-state index contributed by atoms with van der Waals surface area (Å²) in [6.07, 6.45) is -0.313. The monoisotopic (exact) mass is 285 g/mol. The zero-order valence-electron chi connectivity index (χ0n) is 11.8. The number of nitrogens with one attached hydrogen (secondary N) is 1. The molecule has 1 aliphatic heterocycles. The SMILES string of the molecule is CC(C)N1CCOC(C(NN)c2cccc(F)c2F)C1. The van der Waals surface area contributed by atoms with E-state index >= 15 is 0 Å². The van der Waals surface area contributed by atoms with Crippen molar-refractivity contribution < 1.29 is 13.5 Å². The predicted molar refractivity (Wildman–Crippen MR) is 72.9 cm³/mol. The van der Waals surface area contributed by atoms with Crippen molar-refractivity contribution in [3.63, 3.8) is 0 Å². The third kappa shape index (κ3) is 3.15. The maximum atomic E-state index is 13.9. The summed E-state index contributed by atoms with van der Waals surface area (Å²) in [6.45, 7) is 6.20. The van der Waals surface area contributed by atoms with Crippen LogP contribution in [0, 0.1) is 11.6 Å². The Balaban J connectivity index is 2.21. The third-order valence-corrected chi connectivity index (χ3v) is 3.72. The standard InChI is InChI=1S/C14H21F2N3O/c1-9(2)19-6-7-20-12(8-19)14(18-17)10-4-3-5-11(15)13(10)16/h3-5,9,12,14,18H,6-8,17H2,1-2H3. The van der Waals surface area contributed by atoms with Crippen LogP contribution in [-0.2, 0) is 4.74 Å². The van der Waals surface area contributed by atoms with Crippen LogP contribution in [0.4, 0.5) is 8.78 Å².